The highest BCUT2D eigenvalue weighted by Gasteiger charge is 2.73. The van der Waals surface area contributed by atoms with Crippen LogP contribution in [0.4, 0.5) is 0 Å². The fourth-order valence-corrected chi connectivity index (χ4v) is 12.0. The monoisotopic (exact) mass is 672 g/mol. The van der Waals surface area contributed by atoms with Crippen LogP contribution in [0.25, 0.3) is 0 Å². The number of rotatable bonds is 7. The van der Waals surface area contributed by atoms with Crippen LogP contribution in [0.1, 0.15) is 107 Å². The van der Waals surface area contributed by atoms with Crippen molar-refractivity contribution in [3.05, 3.63) is 11.6 Å². The second-order valence-electron chi connectivity index (χ2n) is 16.8. The standard InChI is InChI=1S/C38H56O10/c1-21-10-13-38(33(44)45-17-16-39)15-14-36(8)26(30(38)22(21)2)18-27(43)31-34(6)19-28(47-24(4)41)32(48-25(5)42)35(7,20-46-23(3)40)29(34)11-12-37(31,36)9/h18,21-22,28-32,39H,10-17,19-20H2,1-9H3/t21-,22+,28-,29-,30+,31-,32+,34+,35+,36-,37-,38+/m1/s1. The SMILES string of the molecule is CC(=O)OC[C@@]1(C)[C@@H]2CC[C@]3(C)[C@H](C(=O)C=C4[C@@H]5[C@@H](C)[C@H](C)CC[C@]5(C(=O)OCCO)CC[C@]43C)[C@@]2(C)C[C@@H](OC(C)=O)[C@@H]1OC(C)=O. The molecule has 268 valence electrons. The molecule has 0 amide bonds. The van der Waals surface area contributed by atoms with Gasteiger partial charge in [-0.25, -0.2) is 0 Å². The first-order chi connectivity index (χ1) is 22.3. The molecular weight excluding hydrogens is 616 g/mol. The fourth-order valence-electron chi connectivity index (χ4n) is 12.0. The number of allylic oxidation sites excluding steroid dienone is 2. The van der Waals surface area contributed by atoms with Crippen molar-refractivity contribution in [2.45, 2.75) is 119 Å². The number of hydrogen-bond acceptors (Lipinski definition) is 10. The summed E-state index contributed by atoms with van der Waals surface area (Å²) >= 11 is 0. The van der Waals surface area contributed by atoms with E-state index in [1.807, 2.05) is 13.0 Å². The number of fused-ring (bicyclic) bond motifs is 7. The van der Waals surface area contributed by atoms with Crippen molar-refractivity contribution < 1.29 is 48.0 Å². The summed E-state index contributed by atoms with van der Waals surface area (Å²) in [4.78, 5) is 66.0. The van der Waals surface area contributed by atoms with Crippen LogP contribution in [0.2, 0.25) is 0 Å². The van der Waals surface area contributed by atoms with E-state index in [0.29, 0.717) is 44.4 Å². The predicted molar refractivity (Wildman–Crippen MR) is 175 cm³/mol. The van der Waals surface area contributed by atoms with Crippen molar-refractivity contribution in [1.82, 2.24) is 0 Å². The lowest BCUT2D eigenvalue weighted by atomic mass is 9.33. The minimum atomic E-state index is -0.942. The van der Waals surface area contributed by atoms with Crippen molar-refractivity contribution in [2.24, 2.45) is 56.7 Å². The van der Waals surface area contributed by atoms with Crippen molar-refractivity contribution >= 4 is 29.7 Å². The van der Waals surface area contributed by atoms with Gasteiger partial charge >= 0.3 is 23.9 Å². The molecule has 0 aliphatic heterocycles. The van der Waals surface area contributed by atoms with Gasteiger partial charge in [0.25, 0.3) is 0 Å². The molecule has 0 unspecified atom stereocenters. The second kappa shape index (κ2) is 12.5. The Labute approximate surface area is 285 Å². The Bertz CT molecular complexity index is 1390. The van der Waals surface area contributed by atoms with Gasteiger partial charge in [-0.05, 0) is 90.9 Å². The highest BCUT2D eigenvalue weighted by Crippen LogP contribution is 2.75. The summed E-state index contributed by atoms with van der Waals surface area (Å²) in [5, 5.41) is 9.46. The van der Waals surface area contributed by atoms with E-state index in [1.165, 1.54) is 20.8 Å². The van der Waals surface area contributed by atoms with Crippen LogP contribution in [-0.2, 0) is 42.9 Å². The van der Waals surface area contributed by atoms with Crippen molar-refractivity contribution in [1.29, 1.82) is 0 Å². The number of carbonyl (C=O) groups excluding carboxylic acids is 5. The minimum absolute atomic E-state index is 0.00414. The Morgan fingerprint density at radius 3 is 2.15 bits per heavy atom. The van der Waals surface area contributed by atoms with Gasteiger partial charge in [-0.1, -0.05) is 47.1 Å². The van der Waals surface area contributed by atoms with Gasteiger partial charge in [0.1, 0.15) is 25.4 Å². The Morgan fingerprint density at radius 1 is 0.875 bits per heavy atom. The lowest BCUT2D eigenvalue weighted by molar-refractivity contribution is -0.252. The Balaban J connectivity index is 1.66. The molecule has 48 heavy (non-hydrogen) atoms. The van der Waals surface area contributed by atoms with Gasteiger partial charge in [-0.3, -0.25) is 24.0 Å². The van der Waals surface area contributed by atoms with Crippen LogP contribution in [0, 0.1) is 56.7 Å². The molecular formula is C38H56O10. The molecule has 0 aromatic heterocycles. The van der Waals surface area contributed by atoms with Crippen LogP contribution in [0.15, 0.2) is 11.6 Å². The Morgan fingerprint density at radius 2 is 1.54 bits per heavy atom. The summed E-state index contributed by atoms with van der Waals surface area (Å²) in [7, 11) is 0. The van der Waals surface area contributed by atoms with E-state index in [4.69, 9.17) is 18.9 Å². The van der Waals surface area contributed by atoms with E-state index >= 15 is 0 Å². The lowest BCUT2D eigenvalue weighted by Gasteiger charge is -2.71. The number of esters is 4. The molecule has 0 saturated heterocycles. The zero-order chi connectivity index (χ0) is 35.6. The number of ketones is 1. The van der Waals surface area contributed by atoms with Crippen LogP contribution in [0.3, 0.4) is 0 Å². The van der Waals surface area contributed by atoms with Crippen molar-refractivity contribution in [3.63, 3.8) is 0 Å². The summed E-state index contributed by atoms with van der Waals surface area (Å²) in [6.45, 7) is 16.6. The third-order valence-electron chi connectivity index (χ3n) is 14.3. The van der Waals surface area contributed by atoms with Crippen molar-refractivity contribution in [3.8, 4) is 0 Å². The highest BCUT2D eigenvalue weighted by atomic mass is 16.6. The zero-order valence-electron chi connectivity index (χ0n) is 30.3. The maximum Gasteiger partial charge on any atom is 0.312 e. The first kappa shape index (κ1) is 36.5. The van der Waals surface area contributed by atoms with Gasteiger partial charge in [0.2, 0.25) is 0 Å². The smallest absolute Gasteiger partial charge is 0.312 e. The highest BCUT2D eigenvalue weighted by molar-refractivity contribution is 5.96. The maximum absolute atomic E-state index is 15.0. The molecule has 12 atom stereocenters. The van der Waals surface area contributed by atoms with E-state index in [2.05, 4.69) is 34.6 Å². The van der Waals surface area contributed by atoms with Gasteiger partial charge in [0.05, 0.1) is 12.0 Å². The third-order valence-corrected chi connectivity index (χ3v) is 14.3. The summed E-state index contributed by atoms with van der Waals surface area (Å²) < 4.78 is 23.2. The largest absolute Gasteiger partial charge is 0.465 e. The van der Waals surface area contributed by atoms with Crippen LogP contribution in [-0.4, -0.2) is 66.8 Å². The first-order valence-corrected chi connectivity index (χ1v) is 17.8. The summed E-state index contributed by atoms with van der Waals surface area (Å²) in [5.41, 5.74) is -2.26. The number of aliphatic hydroxyl groups excluding tert-OH is 1. The number of ether oxygens (including phenoxy) is 4. The predicted octanol–water partition coefficient (Wildman–Crippen LogP) is 5.38. The quantitative estimate of drug-likeness (QED) is 0.277. The molecule has 4 fully saturated rings. The molecule has 0 bridgehead atoms. The zero-order valence-corrected chi connectivity index (χ0v) is 30.3. The molecule has 0 aromatic carbocycles. The van der Waals surface area contributed by atoms with E-state index in [9.17, 15) is 29.1 Å². The molecule has 0 aromatic rings. The average molecular weight is 673 g/mol. The molecule has 5 aliphatic rings. The number of hydrogen-bond donors (Lipinski definition) is 1. The topological polar surface area (TPSA) is 143 Å². The van der Waals surface area contributed by atoms with Gasteiger partial charge < -0.3 is 24.1 Å². The van der Waals surface area contributed by atoms with Gasteiger partial charge in [0, 0.05) is 32.1 Å². The second-order valence-corrected chi connectivity index (χ2v) is 16.8. The van der Waals surface area contributed by atoms with Crippen LogP contribution in [0.5, 0.6) is 0 Å². The van der Waals surface area contributed by atoms with Crippen molar-refractivity contribution in [2.75, 3.05) is 19.8 Å². The maximum atomic E-state index is 15.0. The fraction of sp³-hybridized carbons (Fsp3) is 0.816. The lowest BCUT2D eigenvalue weighted by Crippen LogP contribution is -2.70. The van der Waals surface area contributed by atoms with E-state index in [1.54, 1.807) is 0 Å². The molecule has 0 radical (unpaired) electrons. The summed E-state index contributed by atoms with van der Waals surface area (Å²) in [6.07, 6.45) is 4.76. The number of carbonyl (C=O) groups is 5. The Hall–Kier alpha value is -2.75. The molecule has 5 rings (SSSR count). The van der Waals surface area contributed by atoms with Gasteiger partial charge in [-0.2, -0.15) is 0 Å². The molecule has 10 nitrogen and oxygen atoms in total. The third kappa shape index (κ3) is 5.34. The molecule has 0 spiro atoms. The van der Waals surface area contributed by atoms with E-state index in [-0.39, 0.29) is 49.3 Å². The average Bonchev–Trinajstić information content (AvgIpc) is 2.99. The number of aliphatic hydroxyl groups is 1. The molecule has 5 aliphatic carbocycles. The van der Waals surface area contributed by atoms with Gasteiger partial charge in [0.15, 0.2) is 5.78 Å². The normalized spacial score (nSPS) is 44.8. The molecule has 4 saturated carbocycles. The van der Waals surface area contributed by atoms with E-state index < -0.39 is 63.1 Å². The molecule has 10 heteroatoms. The van der Waals surface area contributed by atoms with Crippen LogP contribution < -0.4 is 0 Å². The summed E-state index contributed by atoms with van der Waals surface area (Å²) in [5.74, 6) is -2.11. The molecule has 0 heterocycles. The minimum Gasteiger partial charge on any atom is -0.465 e. The summed E-state index contributed by atoms with van der Waals surface area (Å²) in [6, 6.07) is 0. The Kier molecular flexibility index (Phi) is 9.54. The van der Waals surface area contributed by atoms with Crippen LogP contribution >= 0.6 is 0 Å². The first-order valence-electron chi connectivity index (χ1n) is 17.8. The van der Waals surface area contributed by atoms with Gasteiger partial charge in [-0.15, -0.1) is 0 Å². The molecule has 1 N–H and O–H groups in total. The van der Waals surface area contributed by atoms with E-state index in [0.717, 1.165) is 12.0 Å².